The van der Waals surface area contributed by atoms with Gasteiger partial charge in [0.1, 0.15) is 0 Å². The van der Waals surface area contributed by atoms with Crippen LogP contribution in [0.5, 0.6) is 0 Å². The van der Waals surface area contributed by atoms with Crippen LogP contribution in [-0.4, -0.2) is 29.9 Å². The van der Waals surface area contributed by atoms with Crippen molar-refractivity contribution in [2.24, 2.45) is 11.8 Å². The zero-order valence-corrected chi connectivity index (χ0v) is 16.0. The summed E-state index contributed by atoms with van der Waals surface area (Å²) in [5, 5.41) is 3.18. The van der Waals surface area contributed by atoms with Crippen LogP contribution in [0.4, 0.5) is 0 Å². The van der Waals surface area contributed by atoms with Gasteiger partial charge in [-0.3, -0.25) is 4.79 Å². The summed E-state index contributed by atoms with van der Waals surface area (Å²) in [5.41, 5.74) is 3.25. The first-order valence-electron chi connectivity index (χ1n) is 10.8. The molecule has 1 amide bonds. The normalized spacial score (nSPS) is 35.4. The molecule has 1 aliphatic heterocycles. The van der Waals surface area contributed by atoms with Gasteiger partial charge in [-0.25, -0.2) is 0 Å². The molecule has 1 N–H and O–H groups in total. The predicted octanol–water partition coefficient (Wildman–Crippen LogP) is 4.67. The Morgan fingerprint density at radius 3 is 2.62 bits per heavy atom. The molecule has 3 heteroatoms. The quantitative estimate of drug-likeness (QED) is 0.835. The Bertz CT molecular complexity index is 702. The van der Waals surface area contributed by atoms with E-state index in [0.717, 1.165) is 24.3 Å². The average Bonchev–Trinajstić information content (AvgIpc) is 3.28. The molecule has 144 valence electrons. The SMILES string of the molecule is CC(=O)N[C@H]1CCC2(CCN([C@@H]3CC4CC[C@@H]3C4)CC2)c2ccccc21.[HH].[HH]. The van der Waals surface area contributed by atoms with E-state index in [4.69, 9.17) is 0 Å². The van der Waals surface area contributed by atoms with Gasteiger partial charge in [0.2, 0.25) is 5.91 Å². The minimum Gasteiger partial charge on any atom is -0.350 e. The van der Waals surface area contributed by atoms with Crippen LogP contribution in [-0.2, 0) is 10.2 Å². The highest BCUT2D eigenvalue weighted by atomic mass is 16.1. The number of likely N-dealkylation sites (tertiary alicyclic amines) is 1. The summed E-state index contributed by atoms with van der Waals surface area (Å²) in [6.07, 6.45) is 10.9. The fourth-order valence-corrected chi connectivity index (χ4v) is 6.85. The molecule has 4 atom stereocenters. The number of fused-ring (bicyclic) bond motifs is 4. The molecule has 1 aromatic carbocycles. The number of amides is 1. The Balaban J connectivity index is 0.00000112. The van der Waals surface area contributed by atoms with Crippen LogP contribution < -0.4 is 5.32 Å². The second kappa shape index (κ2) is 6.37. The summed E-state index contributed by atoms with van der Waals surface area (Å²) >= 11 is 0. The van der Waals surface area contributed by atoms with E-state index in [0.29, 0.717) is 5.41 Å². The van der Waals surface area contributed by atoms with Crippen LogP contribution in [0, 0.1) is 11.8 Å². The molecule has 1 spiro atoms. The van der Waals surface area contributed by atoms with E-state index in [1.807, 2.05) is 0 Å². The largest absolute Gasteiger partial charge is 0.350 e. The van der Waals surface area contributed by atoms with Crippen LogP contribution in [0.25, 0.3) is 0 Å². The third-order valence-electron chi connectivity index (χ3n) is 8.12. The average molecular weight is 357 g/mol. The zero-order chi connectivity index (χ0) is 17.7. The number of carbonyl (C=O) groups is 1. The van der Waals surface area contributed by atoms with Crippen LogP contribution in [0.15, 0.2) is 24.3 Å². The molecule has 5 rings (SSSR count). The number of nitrogens with one attached hydrogen (secondary N) is 1. The summed E-state index contributed by atoms with van der Waals surface area (Å²) in [6, 6.07) is 10.0. The Labute approximate surface area is 160 Å². The maximum absolute atomic E-state index is 11.6. The van der Waals surface area contributed by atoms with E-state index in [-0.39, 0.29) is 14.8 Å². The summed E-state index contributed by atoms with van der Waals surface area (Å²) in [6.45, 7) is 4.18. The van der Waals surface area contributed by atoms with Gasteiger partial charge in [-0.05, 0) is 86.4 Å². The van der Waals surface area contributed by atoms with Crippen molar-refractivity contribution in [2.75, 3.05) is 13.1 Å². The van der Waals surface area contributed by atoms with E-state index in [1.54, 1.807) is 6.92 Å². The molecular formula is C23H36N2O. The topological polar surface area (TPSA) is 32.3 Å². The number of piperidine rings is 1. The summed E-state index contributed by atoms with van der Waals surface area (Å²) in [7, 11) is 0. The van der Waals surface area contributed by atoms with Crippen LogP contribution in [0.1, 0.15) is 78.3 Å². The maximum atomic E-state index is 11.6. The first-order chi connectivity index (χ1) is 12.6. The monoisotopic (exact) mass is 356 g/mol. The molecule has 0 radical (unpaired) electrons. The van der Waals surface area contributed by atoms with Crippen LogP contribution >= 0.6 is 0 Å². The molecular weight excluding hydrogens is 320 g/mol. The van der Waals surface area contributed by atoms with Crippen LogP contribution in [0.3, 0.4) is 0 Å². The second-order valence-corrected chi connectivity index (χ2v) is 9.44. The molecule has 1 unspecified atom stereocenters. The molecule has 3 aliphatic carbocycles. The highest BCUT2D eigenvalue weighted by Gasteiger charge is 2.47. The number of hydrogen-bond donors (Lipinski definition) is 1. The van der Waals surface area contributed by atoms with Crippen molar-refractivity contribution in [3.05, 3.63) is 35.4 Å². The number of hydrogen-bond acceptors (Lipinski definition) is 2. The molecule has 3 nitrogen and oxygen atoms in total. The van der Waals surface area contributed by atoms with Gasteiger partial charge >= 0.3 is 0 Å². The minimum atomic E-state index is 0. The fourth-order valence-electron chi connectivity index (χ4n) is 6.85. The highest BCUT2D eigenvalue weighted by molar-refractivity contribution is 5.73. The standard InChI is InChI=1S/C23H32N2O.2H2/c1-16(26)24-21-8-9-23(20-5-3-2-4-19(20)21)10-12-25(13-11-23)22-15-17-6-7-18(22)14-17;;/h2-5,17-18,21-22H,6-15H2,1H3,(H,24,26);2*1H/t17?,18-,21+,22-;;/m1../s1. The lowest BCUT2D eigenvalue weighted by molar-refractivity contribution is -0.119. The predicted molar refractivity (Wildman–Crippen MR) is 108 cm³/mol. The van der Waals surface area contributed by atoms with E-state index >= 15 is 0 Å². The van der Waals surface area contributed by atoms with Gasteiger partial charge in [-0.1, -0.05) is 30.7 Å². The van der Waals surface area contributed by atoms with Crippen molar-refractivity contribution in [3.8, 4) is 0 Å². The zero-order valence-electron chi connectivity index (χ0n) is 16.0. The Kier molecular flexibility index (Phi) is 4.11. The van der Waals surface area contributed by atoms with Crippen molar-refractivity contribution in [2.45, 2.75) is 75.8 Å². The second-order valence-electron chi connectivity index (χ2n) is 9.44. The Hall–Kier alpha value is -1.35. The van der Waals surface area contributed by atoms with Crippen molar-refractivity contribution in [1.82, 2.24) is 10.2 Å². The number of nitrogens with zero attached hydrogens (tertiary/aromatic N) is 1. The van der Waals surface area contributed by atoms with Gasteiger partial charge < -0.3 is 10.2 Å². The third-order valence-corrected chi connectivity index (χ3v) is 8.12. The van der Waals surface area contributed by atoms with Gasteiger partial charge in [0.25, 0.3) is 0 Å². The van der Waals surface area contributed by atoms with Crippen LogP contribution in [0.2, 0.25) is 0 Å². The molecule has 26 heavy (non-hydrogen) atoms. The molecule has 3 fully saturated rings. The molecule has 2 saturated carbocycles. The first-order valence-corrected chi connectivity index (χ1v) is 10.8. The molecule has 1 saturated heterocycles. The lowest BCUT2D eigenvalue weighted by atomic mass is 9.63. The van der Waals surface area contributed by atoms with E-state index in [2.05, 4.69) is 34.5 Å². The molecule has 1 heterocycles. The van der Waals surface area contributed by atoms with Gasteiger partial charge in [-0.2, -0.15) is 0 Å². The first kappa shape index (κ1) is 16.8. The third kappa shape index (κ3) is 2.70. The lowest BCUT2D eigenvalue weighted by Gasteiger charge is -2.49. The molecule has 2 bridgehead atoms. The number of benzene rings is 1. The summed E-state index contributed by atoms with van der Waals surface area (Å²) in [4.78, 5) is 14.5. The molecule has 4 aliphatic rings. The van der Waals surface area contributed by atoms with Crippen molar-refractivity contribution < 1.29 is 7.65 Å². The summed E-state index contributed by atoms with van der Waals surface area (Å²) < 4.78 is 0. The smallest absolute Gasteiger partial charge is 0.217 e. The van der Waals surface area contributed by atoms with Crippen molar-refractivity contribution in [1.29, 1.82) is 0 Å². The minimum absolute atomic E-state index is 0. The summed E-state index contributed by atoms with van der Waals surface area (Å²) in [5.74, 6) is 2.12. The van der Waals surface area contributed by atoms with Crippen molar-refractivity contribution in [3.63, 3.8) is 0 Å². The maximum Gasteiger partial charge on any atom is 0.217 e. The van der Waals surface area contributed by atoms with E-state index < -0.39 is 0 Å². The number of rotatable bonds is 2. The van der Waals surface area contributed by atoms with E-state index in [1.165, 1.54) is 69.2 Å². The molecule has 0 aromatic heterocycles. The van der Waals surface area contributed by atoms with Gasteiger partial charge in [-0.15, -0.1) is 0 Å². The van der Waals surface area contributed by atoms with Gasteiger partial charge in [0.15, 0.2) is 0 Å². The van der Waals surface area contributed by atoms with E-state index in [9.17, 15) is 4.79 Å². The molecule has 1 aromatic rings. The number of carbonyl (C=O) groups excluding carboxylic acids is 1. The van der Waals surface area contributed by atoms with Gasteiger partial charge in [0, 0.05) is 15.8 Å². The van der Waals surface area contributed by atoms with Crippen molar-refractivity contribution >= 4 is 5.91 Å². The Morgan fingerprint density at radius 1 is 1.12 bits per heavy atom. The van der Waals surface area contributed by atoms with Gasteiger partial charge in [0.05, 0.1) is 6.04 Å². The highest BCUT2D eigenvalue weighted by Crippen LogP contribution is 2.51. The fraction of sp³-hybridized carbons (Fsp3) is 0.696. The lowest BCUT2D eigenvalue weighted by Crippen LogP contribution is -2.50. The Morgan fingerprint density at radius 2 is 1.92 bits per heavy atom.